The number of hydrogen-bond donors (Lipinski definition) is 0. The van der Waals surface area contributed by atoms with Crippen LogP contribution in [0, 0.1) is 17.2 Å². The molecule has 0 aromatic carbocycles. The molecular weight excluding hydrogens is 210 g/mol. The molecule has 2 rings (SSSR count). The zero-order valence-electron chi connectivity index (χ0n) is 10.4. The summed E-state index contributed by atoms with van der Waals surface area (Å²) in [7, 11) is 0. The van der Waals surface area contributed by atoms with Crippen LogP contribution in [-0.2, 0) is 0 Å². The van der Waals surface area contributed by atoms with Gasteiger partial charge in [-0.2, -0.15) is 5.26 Å². The van der Waals surface area contributed by atoms with Gasteiger partial charge in [-0.05, 0) is 37.3 Å². The molecule has 0 spiro atoms. The highest BCUT2D eigenvalue weighted by Gasteiger charge is 2.15. The van der Waals surface area contributed by atoms with Crippen molar-refractivity contribution < 1.29 is 0 Å². The Labute approximate surface area is 103 Å². The van der Waals surface area contributed by atoms with Gasteiger partial charge >= 0.3 is 0 Å². The van der Waals surface area contributed by atoms with Gasteiger partial charge in [-0.25, -0.2) is 4.98 Å². The molecule has 1 atom stereocenters. The van der Waals surface area contributed by atoms with E-state index in [1.807, 2.05) is 12.3 Å². The Hall–Kier alpha value is -1.56. The Morgan fingerprint density at radius 2 is 2.29 bits per heavy atom. The van der Waals surface area contributed by atoms with Gasteiger partial charge in [-0.1, -0.05) is 13.3 Å². The molecule has 3 heteroatoms. The Balaban J connectivity index is 2.04. The third-order valence-electron chi connectivity index (χ3n) is 3.65. The average Bonchev–Trinajstić information content (AvgIpc) is 2.64. The van der Waals surface area contributed by atoms with Crippen LogP contribution in [0.2, 0.25) is 0 Å². The van der Waals surface area contributed by atoms with Gasteiger partial charge in [0.15, 0.2) is 0 Å². The van der Waals surface area contributed by atoms with E-state index in [9.17, 15) is 0 Å². The fourth-order valence-corrected chi connectivity index (χ4v) is 2.47. The minimum atomic E-state index is 0.495. The lowest BCUT2D eigenvalue weighted by atomic mass is 9.98. The molecule has 1 unspecified atom stereocenters. The second-order valence-corrected chi connectivity index (χ2v) is 4.71. The van der Waals surface area contributed by atoms with E-state index in [4.69, 9.17) is 5.26 Å². The second-order valence-electron chi connectivity index (χ2n) is 4.71. The quantitative estimate of drug-likeness (QED) is 0.782. The van der Waals surface area contributed by atoms with Crippen molar-refractivity contribution in [2.75, 3.05) is 18.0 Å². The molecule has 1 aromatic rings. The van der Waals surface area contributed by atoms with Crippen molar-refractivity contribution in [3.05, 3.63) is 24.0 Å². The van der Waals surface area contributed by atoms with Gasteiger partial charge in [0, 0.05) is 13.1 Å². The van der Waals surface area contributed by atoms with Crippen LogP contribution >= 0.6 is 0 Å². The summed E-state index contributed by atoms with van der Waals surface area (Å²) in [6.45, 7) is 4.51. The first kappa shape index (κ1) is 11.9. The summed E-state index contributed by atoms with van der Waals surface area (Å²) in [4.78, 5) is 6.53. The minimum Gasteiger partial charge on any atom is -0.370 e. The zero-order valence-corrected chi connectivity index (χ0v) is 10.4. The molecule has 0 N–H and O–H groups in total. The molecule has 1 aromatic heterocycles. The molecule has 3 nitrogen and oxygen atoms in total. The maximum Gasteiger partial charge on any atom is 0.140 e. The summed E-state index contributed by atoms with van der Waals surface area (Å²) in [5.41, 5.74) is 1.65. The Morgan fingerprint density at radius 1 is 1.41 bits per heavy atom. The topological polar surface area (TPSA) is 39.9 Å². The van der Waals surface area contributed by atoms with Gasteiger partial charge in [-0.15, -0.1) is 0 Å². The number of hydrogen-bond acceptors (Lipinski definition) is 3. The largest absolute Gasteiger partial charge is 0.370 e. The van der Waals surface area contributed by atoms with Gasteiger partial charge in [0.25, 0.3) is 0 Å². The zero-order chi connectivity index (χ0) is 12.1. The van der Waals surface area contributed by atoms with Crippen molar-refractivity contribution in [2.24, 2.45) is 5.92 Å². The maximum absolute atomic E-state index is 8.72. The van der Waals surface area contributed by atoms with Gasteiger partial charge in [0.1, 0.15) is 11.8 Å². The molecule has 0 saturated carbocycles. The van der Waals surface area contributed by atoms with Crippen LogP contribution in [0.5, 0.6) is 0 Å². The van der Waals surface area contributed by atoms with E-state index < -0.39 is 0 Å². The number of anilines is 1. The van der Waals surface area contributed by atoms with Crippen molar-refractivity contribution in [2.45, 2.75) is 32.6 Å². The molecule has 0 aliphatic carbocycles. The summed E-state index contributed by atoms with van der Waals surface area (Å²) in [6.07, 6.45) is 7.00. The maximum atomic E-state index is 8.72. The highest BCUT2D eigenvalue weighted by Crippen LogP contribution is 2.23. The molecule has 1 saturated heterocycles. The van der Waals surface area contributed by atoms with Crippen LogP contribution in [0.1, 0.15) is 38.3 Å². The van der Waals surface area contributed by atoms with Crippen molar-refractivity contribution >= 4 is 5.69 Å². The third kappa shape index (κ3) is 2.97. The van der Waals surface area contributed by atoms with E-state index in [0.717, 1.165) is 24.7 Å². The molecular formula is C14H19N3. The van der Waals surface area contributed by atoms with E-state index in [1.54, 1.807) is 6.07 Å². The van der Waals surface area contributed by atoms with E-state index in [2.05, 4.69) is 22.9 Å². The molecule has 1 fully saturated rings. The van der Waals surface area contributed by atoms with Gasteiger partial charge in [-0.3, -0.25) is 0 Å². The van der Waals surface area contributed by atoms with Crippen LogP contribution in [0.3, 0.4) is 0 Å². The predicted molar refractivity (Wildman–Crippen MR) is 68.8 cm³/mol. The SMILES string of the molecule is CCC1CCCN(c2ccc(C#N)nc2)CC1. The van der Waals surface area contributed by atoms with E-state index in [1.165, 1.54) is 25.7 Å². The average molecular weight is 229 g/mol. The van der Waals surface area contributed by atoms with Crippen LogP contribution in [0.4, 0.5) is 5.69 Å². The van der Waals surface area contributed by atoms with Crippen LogP contribution in [0.25, 0.3) is 0 Å². The van der Waals surface area contributed by atoms with Crippen LogP contribution in [-0.4, -0.2) is 18.1 Å². The normalized spacial score (nSPS) is 20.7. The number of nitriles is 1. The summed E-state index contributed by atoms with van der Waals surface area (Å²) in [5, 5.41) is 8.72. The minimum absolute atomic E-state index is 0.495. The monoisotopic (exact) mass is 229 g/mol. The molecule has 90 valence electrons. The standard InChI is InChI=1S/C14H19N3/c1-2-12-4-3-8-17(9-7-12)14-6-5-13(10-15)16-11-14/h5-6,11-12H,2-4,7-9H2,1H3. The highest BCUT2D eigenvalue weighted by atomic mass is 15.1. The van der Waals surface area contributed by atoms with Crippen molar-refractivity contribution in [3.8, 4) is 6.07 Å². The third-order valence-corrected chi connectivity index (χ3v) is 3.65. The van der Waals surface area contributed by atoms with Crippen molar-refractivity contribution in [1.29, 1.82) is 5.26 Å². The fraction of sp³-hybridized carbons (Fsp3) is 0.571. The fourth-order valence-electron chi connectivity index (χ4n) is 2.47. The number of pyridine rings is 1. The van der Waals surface area contributed by atoms with Crippen LogP contribution < -0.4 is 4.90 Å². The molecule has 17 heavy (non-hydrogen) atoms. The van der Waals surface area contributed by atoms with Crippen LogP contribution in [0.15, 0.2) is 18.3 Å². The molecule has 0 amide bonds. The van der Waals surface area contributed by atoms with Crippen molar-refractivity contribution in [1.82, 2.24) is 4.98 Å². The molecule has 1 aliphatic rings. The van der Waals surface area contributed by atoms with Gasteiger partial charge < -0.3 is 4.90 Å². The molecule has 1 aliphatic heterocycles. The molecule has 0 bridgehead atoms. The van der Waals surface area contributed by atoms with Crippen molar-refractivity contribution in [3.63, 3.8) is 0 Å². The number of aromatic nitrogens is 1. The second kappa shape index (κ2) is 5.67. The lowest BCUT2D eigenvalue weighted by Crippen LogP contribution is -2.24. The number of rotatable bonds is 2. The van der Waals surface area contributed by atoms with E-state index in [-0.39, 0.29) is 0 Å². The Bertz CT molecular complexity index is 391. The van der Waals surface area contributed by atoms with E-state index >= 15 is 0 Å². The number of nitrogens with zero attached hydrogens (tertiary/aromatic N) is 3. The highest BCUT2D eigenvalue weighted by molar-refractivity contribution is 5.45. The summed E-state index contributed by atoms with van der Waals surface area (Å²) in [6, 6.07) is 5.87. The van der Waals surface area contributed by atoms with Gasteiger partial charge in [0.2, 0.25) is 0 Å². The summed E-state index contributed by atoms with van der Waals surface area (Å²) in [5.74, 6) is 0.881. The van der Waals surface area contributed by atoms with E-state index in [0.29, 0.717) is 5.69 Å². The predicted octanol–water partition coefficient (Wildman–Crippen LogP) is 2.97. The lowest BCUT2D eigenvalue weighted by Gasteiger charge is -2.22. The Morgan fingerprint density at radius 3 is 2.94 bits per heavy atom. The van der Waals surface area contributed by atoms with Gasteiger partial charge in [0.05, 0.1) is 11.9 Å². The molecule has 2 heterocycles. The summed E-state index contributed by atoms with van der Waals surface area (Å²) < 4.78 is 0. The molecule has 0 radical (unpaired) electrons. The Kier molecular flexibility index (Phi) is 3.98. The smallest absolute Gasteiger partial charge is 0.140 e. The first-order valence-corrected chi connectivity index (χ1v) is 6.44. The lowest BCUT2D eigenvalue weighted by molar-refractivity contribution is 0.459. The first-order chi connectivity index (χ1) is 8.33. The first-order valence-electron chi connectivity index (χ1n) is 6.44. The summed E-state index contributed by atoms with van der Waals surface area (Å²) >= 11 is 0.